The average Bonchev–Trinajstić information content (AvgIpc) is 2.58. The van der Waals surface area contributed by atoms with Gasteiger partial charge in [-0.1, -0.05) is 25.3 Å². The monoisotopic (exact) mass is 349 g/mol. The summed E-state index contributed by atoms with van der Waals surface area (Å²) >= 11 is 0. The highest BCUT2D eigenvalue weighted by molar-refractivity contribution is 7.92. The van der Waals surface area contributed by atoms with Crippen LogP contribution in [0.3, 0.4) is 0 Å². The number of carbonyl (C=O) groups is 1. The van der Waals surface area contributed by atoms with E-state index in [1.807, 2.05) is 6.07 Å². The molecule has 1 aliphatic rings. The molecular formula is C17H23N3O3S. The maximum absolute atomic E-state index is 12.6. The van der Waals surface area contributed by atoms with Gasteiger partial charge in [-0.15, -0.1) is 0 Å². The van der Waals surface area contributed by atoms with E-state index in [0.717, 1.165) is 36.2 Å². The van der Waals surface area contributed by atoms with E-state index in [9.17, 15) is 13.2 Å². The van der Waals surface area contributed by atoms with Crippen molar-refractivity contribution in [2.75, 3.05) is 24.2 Å². The summed E-state index contributed by atoms with van der Waals surface area (Å²) in [6.45, 7) is -0.249. The SMILES string of the molecule is CN(C(=O)CN(c1cccc(C#N)c1)S(C)(=O)=O)C1CCCCC1. The summed E-state index contributed by atoms with van der Waals surface area (Å²) in [7, 11) is -1.89. The molecule has 0 heterocycles. The van der Waals surface area contributed by atoms with Gasteiger partial charge >= 0.3 is 0 Å². The van der Waals surface area contributed by atoms with Crippen LogP contribution in [0, 0.1) is 11.3 Å². The lowest BCUT2D eigenvalue weighted by Gasteiger charge is -2.33. The summed E-state index contributed by atoms with van der Waals surface area (Å²) in [5.41, 5.74) is 0.691. The fourth-order valence-corrected chi connectivity index (χ4v) is 3.88. The molecule has 1 aromatic rings. The van der Waals surface area contributed by atoms with Crippen LogP contribution >= 0.6 is 0 Å². The van der Waals surface area contributed by atoms with Crippen molar-refractivity contribution in [3.8, 4) is 6.07 Å². The first kappa shape index (κ1) is 18.3. The van der Waals surface area contributed by atoms with E-state index in [4.69, 9.17) is 5.26 Å². The van der Waals surface area contributed by atoms with Gasteiger partial charge in [-0.2, -0.15) is 5.26 Å². The van der Waals surface area contributed by atoms with Gasteiger partial charge in [-0.25, -0.2) is 8.42 Å². The highest BCUT2D eigenvalue weighted by Crippen LogP contribution is 2.23. The largest absolute Gasteiger partial charge is 0.341 e. The predicted molar refractivity (Wildman–Crippen MR) is 93.0 cm³/mol. The van der Waals surface area contributed by atoms with E-state index in [2.05, 4.69) is 0 Å². The number of hydrogen-bond acceptors (Lipinski definition) is 4. The second-order valence-corrected chi connectivity index (χ2v) is 8.14. The van der Waals surface area contributed by atoms with Crippen LogP contribution < -0.4 is 4.31 Å². The average molecular weight is 349 g/mol. The van der Waals surface area contributed by atoms with Crippen molar-refractivity contribution in [2.24, 2.45) is 0 Å². The summed E-state index contributed by atoms with van der Waals surface area (Å²) in [6.07, 6.45) is 6.38. The van der Waals surface area contributed by atoms with E-state index in [1.54, 1.807) is 30.1 Å². The molecule has 1 amide bonds. The van der Waals surface area contributed by atoms with Crippen molar-refractivity contribution in [3.05, 3.63) is 29.8 Å². The van der Waals surface area contributed by atoms with Crippen LogP contribution in [0.4, 0.5) is 5.69 Å². The van der Waals surface area contributed by atoms with E-state index in [0.29, 0.717) is 11.3 Å². The number of rotatable bonds is 5. The molecule has 0 radical (unpaired) electrons. The van der Waals surface area contributed by atoms with Gasteiger partial charge in [0.2, 0.25) is 15.9 Å². The number of anilines is 1. The van der Waals surface area contributed by atoms with Crippen LogP contribution in [0.25, 0.3) is 0 Å². The third-order valence-electron chi connectivity index (χ3n) is 4.46. The number of likely N-dealkylation sites (N-methyl/N-ethyl adjacent to an activating group) is 1. The first-order chi connectivity index (χ1) is 11.3. The standard InChI is InChI=1S/C17H23N3O3S/c1-19(15-8-4-3-5-9-15)17(21)13-20(24(2,22)23)16-10-6-7-14(11-16)12-18/h6-7,10-11,15H,3-5,8-9,13H2,1-2H3. The van der Waals surface area contributed by atoms with Gasteiger partial charge < -0.3 is 4.90 Å². The number of nitrogens with zero attached hydrogens (tertiary/aromatic N) is 3. The van der Waals surface area contributed by atoms with E-state index >= 15 is 0 Å². The van der Waals surface area contributed by atoms with Crippen molar-refractivity contribution >= 4 is 21.6 Å². The lowest BCUT2D eigenvalue weighted by molar-refractivity contribution is -0.130. The molecule has 130 valence electrons. The Morgan fingerprint density at radius 1 is 1.29 bits per heavy atom. The van der Waals surface area contributed by atoms with Crippen LogP contribution in [0.5, 0.6) is 0 Å². The highest BCUT2D eigenvalue weighted by atomic mass is 32.2. The smallest absolute Gasteiger partial charge is 0.243 e. The Balaban J connectivity index is 2.20. The Kier molecular flexibility index (Phi) is 5.84. The normalized spacial score (nSPS) is 15.5. The molecule has 0 spiro atoms. The zero-order chi connectivity index (χ0) is 17.7. The molecule has 7 heteroatoms. The number of carbonyl (C=O) groups excluding carboxylic acids is 1. The maximum atomic E-state index is 12.6. The number of nitriles is 1. The van der Waals surface area contributed by atoms with E-state index < -0.39 is 10.0 Å². The number of sulfonamides is 1. The van der Waals surface area contributed by atoms with Crippen LogP contribution in [0.2, 0.25) is 0 Å². The molecule has 0 bridgehead atoms. The quantitative estimate of drug-likeness (QED) is 0.815. The lowest BCUT2D eigenvalue weighted by Crippen LogP contribution is -2.45. The van der Waals surface area contributed by atoms with Crippen molar-refractivity contribution in [1.82, 2.24) is 4.90 Å². The molecule has 0 unspecified atom stereocenters. The van der Waals surface area contributed by atoms with Crippen molar-refractivity contribution in [3.63, 3.8) is 0 Å². The van der Waals surface area contributed by atoms with Gasteiger partial charge in [-0.3, -0.25) is 9.10 Å². The van der Waals surface area contributed by atoms with Crippen LogP contribution in [-0.2, 0) is 14.8 Å². The molecule has 1 fully saturated rings. The zero-order valence-corrected chi connectivity index (χ0v) is 14.9. The fourth-order valence-electron chi connectivity index (χ4n) is 3.04. The molecule has 24 heavy (non-hydrogen) atoms. The molecule has 1 saturated carbocycles. The molecule has 0 aliphatic heterocycles. The summed E-state index contributed by atoms with van der Waals surface area (Å²) in [6, 6.07) is 8.45. The van der Waals surface area contributed by atoms with Gasteiger partial charge in [0.05, 0.1) is 23.6 Å². The first-order valence-corrected chi connectivity index (χ1v) is 9.91. The van der Waals surface area contributed by atoms with Crippen molar-refractivity contribution < 1.29 is 13.2 Å². The third kappa shape index (κ3) is 4.48. The molecule has 6 nitrogen and oxygen atoms in total. The number of amides is 1. The van der Waals surface area contributed by atoms with Gasteiger partial charge in [0, 0.05) is 13.1 Å². The predicted octanol–water partition coefficient (Wildman–Crippen LogP) is 2.12. The summed E-state index contributed by atoms with van der Waals surface area (Å²) in [4.78, 5) is 14.3. The number of benzene rings is 1. The topological polar surface area (TPSA) is 81.5 Å². The summed E-state index contributed by atoms with van der Waals surface area (Å²) in [5, 5.41) is 8.99. The third-order valence-corrected chi connectivity index (χ3v) is 5.60. The Morgan fingerprint density at radius 3 is 2.54 bits per heavy atom. The Bertz CT molecular complexity index is 734. The second-order valence-electron chi connectivity index (χ2n) is 6.23. The Hall–Kier alpha value is -2.07. The number of hydrogen-bond donors (Lipinski definition) is 0. The van der Waals surface area contributed by atoms with Crippen LogP contribution in [0.1, 0.15) is 37.7 Å². The molecule has 1 aliphatic carbocycles. The molecular weight excluding hydrogens is 326 g/mol. The van der Waals surface area contributed by atoms with Crippen LogP contribution in [0.15, 0.2) is 24.3 Å². The molecule has 0 saturated heterocycles. The molecule has 1 aromatic carbocycles. The van der Waals surface area contributed by atoms with Gasteiger partial charge in [-0.05, 0) is 31.0 Å². The highest BCUT2D eigenvalue weighted by Gasteiger charge is 2.27. The molecule has 0 N–H and O–H groups in total. The lowest BCUT2D eigenvalue weighted by atomic mass is 9.94. The van der Waals surface area contributed by atoms with Gasteiger partial charge in [0.1, 0.15) is 6.54 Å². The summed E-state index contributed by atoms with van der Waals surface area (Å²) < 4.78 is 25.3. The minimum absolute atomic E-state index is 0.179. The molecule has 0 aromatic heterocycles. The van der Waals surface area contributed by atoms with E-state index in [1.165, 1.54) is 12.5 Å². The Morgan fingerprint density at radius 2 is 1.96 bits per heavy atom. The molecule has 0 atom stereocenters. The fraction of sp³-hybridized carbons (Fsp3) is 0.529. The van der Waals surface area contributed by atoms with Crippen molar-refractivity contribution in [1.29, 1.82) is 5.26 Å². The second kappa shape index (κ2) is 7.67. The maximum Gasteiger partial charge on any atom is 0.243 e. The van der Waals surface area contributed by atoms with Gasteiger partial charge in [0.25, 0.3) is 0 Å². The Labute approximate surface area is 143 Å². The minimum atomic E-state index is -3.63. The van der Waals surface area contributed by atoms with E-state index in [-0.39, 0.29) is 18.5 Å². The van der Waals surface area contributed by atoms with Crippen LogP contribution in [-0.4, -0.2) is 45.1 Å². The molecule has 2 rings (SSSR count). The zero-order valence-electron chi connectivity index (χ0n) is 14.1. The minimum Gasteiger partial charge on any atom is -0.341 e. The van der Waals surface area contributed by atoms with Gasteiger partial charge in [0.15, 0.2) is 0 Å². The first-order valence-electron chi connectivity index (χ1n) is 8.06. The summed E-state index contributed by atoms with van der Waals surface area (Å²) in [5.74, 6) is -0.227. The van der Waals surface area contributed by atoms with Crippen molar-refractivity contribution in [2.45, 2.75) is 38.1 Å².